The molecule has 0 radical (unpaired) electrons. The molecule has 2 aromatic rings. The minimum absolute atomic E-state index is 0.187. The Morgan fingerprint density at radius 3 is 2.94 bits per heavy atom. The molecule has 5 heteroatoms. The Bertz CT molecular complexity index is 600. The number of benzene rings is 1. The molecule has 18 heavy (non-hydrogen) atoms. The number of nitrogens with one attached hydrogen (secondary N) is 1. The smallest absolute Gasteiger partial charge is 0.308 e. The summed E-state index contributed by atoms with van der Waals surface area (Å²) in [5, 5.41) is 3.06. The molecule has 0 saturated carbocycles. The third-order valence-corrected chi connectivity index (χ3v) is 3.64. The minimum atomic E-state index is -0.210. The SMILES string of the molecule is CCCCNCC(=O)n1c(=O)sc2ccccc21. The summed E-state index contributed by atoms with van der Waals surface area (Å²) in [4.78, 5) is 23.6. The van der Waals surface area contributed by atoms with Crippen molar-refractivity contribution in [1.82, 2.24) is 9.88 Å². The second-order valence-electron chi connectivity index (χ2n) is 4.10. The second-order valence-corrected chi connectivity index (χ2v) is 5.09. The van der Waals surface area contributed by atoms with Gasteiger partial charge in [0.15, 0.2) is 0 Å². The number of fused-ring (bicyclic) bond motifs is 1. The zero-order valence-electron chi connectivity index (χ0n) is 10.3. The molecular weight excluding hydrogens is 248 g/mol. The number of hydrogen-bond donors (Lipinski definition) is 1. The third kappa shape index (κ3) is 2.68. The van der Waals surface area contributed by atoms with Crippen molar-refractivity contribution >= 4 is 27.5 Å². The first kappa shape index (κ1) is 13.0. The zero-order valence-corrected chi connectivity index (χ0v) is 11.1. The fourth-order valence-corrected chi connectivity index (χ4v) is 2.67. The van der Waals surface area contributed by atoms with Crippen molar-refractivity contribution in [3.63, 3.8) is 0 Å². The highest BCUT2D eigenvalue weighted by atomic mass is 32.1. The van der Waals surface area contributed by atoms with Gasteiger partial charge in [0.2, 0.25) is 5.91 Å². The van der Waals surface area contributed by atoms with Crippen LogP contribution in [0, 0.1) is 0 Å². The number of unbranched alkanes of at least 4 members (excludes halogenated alkanes) is 1. The maximum atomic E-state index is 12.0. The van der Waals surface area contributed by atoms with E-state index in [9.17, 15) is 9.59 Å². The number of carbonyl (C=O) groups is 1. The van der Waals surface area contributed by atoms with E-state index in [2.05, 4.69) is 12.2 Å². The van der Waals surface area contributed by atoms with Crippen LogP contribution in [0.2, 0.25) is 0 Å². The van der Waals surface area contributed by atoms with Crippen LogP contribution in [0.3, 0.4) is 0 Å². The first-order chi connectivity index (χ1) is 8.74. The van der Waals surface area contributed by atoms with E-state index in [1.807, 2.05) is 18.2 Å². The normalized spacial score (nSPS) is 10.9. The van der Waals surface area contributed by atoms with Crippen molar-refractivity contribution in [2.45, 2.75) is 19.8 Å². The summed E-state index contributed by atoms with van der Waals surface area (Å²) >= 11 is 1.11. The number of carbonyl (C=O) groups excluding carboxylic acids is 1. The summed E-state index contributed by atoms with van der Waals surface area (Å²) in [6.45, 7) is 3.11. The van der Waals surface area contributed by atoms with Crippen LogP contribution in [-0.2, 0) is 0 Å². The summed E-state index contributed by atoms with van der Waals surface area (Å²) in [6, 6.07) is 7.36. The Morgan fingerprint density at radius 2 is 2.17 bits per heavy atom. The van der Waals surface area contributed by atoms with Gasteiger partial charge in [-0.25, -0.2) is 4.57 Å². The van der Waals surface area contributed by atoms with Crippen LogP contribution < -0.4 is 10.2 Å². The second kappa shape index (κ2) is 5.93. The number of nitrogens with zero attached hydrogens (tertiary/aromatic N) is 1. The first-order valence-electron chi connectivity index (χ1n) is 6.08. The molecule has 0 atom stereocenters. The molecule has 1 aromatic heterocycles. The van der Waals surface area contributed by atoms with Crippen molar-refractivity contribution < 1.29 is 4.79 Å². The number of rotatable bonds is 5. The molecule has 1 heterocycles. The van der Waals surface area contributed by atoms with Crippen LogP contribution in [0.1, 0.15) is 24.6 Å². The maximum Gasteiger partial charge on any atom is 0.315 e. The highest BCUT2D eigenvalue weighted by Gasteiger charge is 2.13. The van der Waals surface area contributed by atoms with Crippen LogP contribution in [0.25, 0.3) is 10.2 Å². The molecule has 96 valence electrons. The third-order valence-electron chi connectivity index (χ3n) is 2.72. The van der Waals surface area contributed by atoms with Gasteiger partial charge in [0, 0.05) is 0 Å². The Kier molecular flexibility index (Phi) is 4.28. The molecule has 0 saturated heterocycles. The van der Waals surface area contributed by atoms with Crippen LogP contribution in [0.5, 0.6) is 0 Å². The number of aromatic nitrogens is 1. The van der Waals surface area contributed by atoms with Crippen LogP contribution >= 0.6 is 11.3 Å². The van der Waals surface area contributed by atoms with E-state index in [0.29, 0.717) is 5.52 Å². The lowest BCUT2D eigenvalue weighted by Gasteiger charge is -2.04. The monoisotopic (exact) mass is 264 g/mol. The standard InChI is InChI=1S/C13H16N2O2S/c1-2-3-8-14-9-12(16)15-10-6-4-5-7-11(10)18-13(15)17/h4-7,14H,2-3,8-9H2,1H3. The fourth-order valence-electron chi connectivity index (χ4n) is 1.78. The predicted molar refractivity (Wildman–Crippen MR) is 74.5 cm³/mol. The molecule has 0 aliphatic carbocycles. The van der Waals surface area contributed by atoms with Crippen LogP contribution in [0.15, 0.2) is 29.1 Å². The van der Waals surface area contributed by atoms with Crippen molar-refractivity contribution in [3.05, 3.63) is 33.9 Å². The van der Waals surface area contributed by atoms with Gasteiger partial charge < -0.3 is 5.32 Å². The lowest BCUT2D eigenvalue weighted by Crippen LogP contribution is -2.32. The largest absolute Gasteiger partial charge is 0.315 e. The molecule has 0 unspecified atom stereocenters. The number of para-hydroxylation sites is 1. The van der Waals surface area contributed by atoms with Gasteiger partial charge in [-0.1, -0.05) is 36.8 Å². The minimum Gasteiger partial charge on any atom is -0.308 e. The van der Waals surface area contributed by atoms with Gasteiger partial charge in [0.05, 0.1) is 16.8 Å². The van der Waals surface area contributed by atoms with Gasteiger partial charge >= 0.3 is 4.87 Å². The molecule has 0 bridgehead atoms. The van der Waals surface area contributed by atoms with Crippen LogP contribution in [-0.4, -0.2) is 23.6 Å². The van der Waals surface area contributed by atoms with Crippen molar-refractivity contribution in [2.75, 3.05) is 13.1 Å². The lowest BCUT2D eigenvalue weighted by molar-refractivity contribution is 0.0915. The summed E-state index contributed by atoms with van der Waals surface area (Å²) in [6.07, 6.45) is 2.12. The van der Waals surface area contributed by atoms with Crippen molar-refractivity contribution in [2.24, 2.45) is 0 Å². The lowest BCUT2D eigenvalue weighted by atomic mass is 10.3. The molecular formula is C13H16N2O2S. The molecule has 0 amide bonds. The molecule has 4 nitrogen and oxygen atoms in total. The Labute approximate surface area is 109 Å². The highest BCUT2D eigenvalue weighted by Crippen LogP contribution is 2.15. The van der Waals surface area contributed by atoms with E-state index >= 15 is 0 Å². The summed E-state index contributed by atoms with van der Waals surface area (Å²) in [5.74, 6) is -0.187. The average molecular weight is 264 g/mol. The van der Waals surface area contributed by atoms with Crippen molar-refractivity contribution in [1.29, 1.82) is 0 Å². The molecule has 0 aliphatic rings. The van der Waals surface area contributed by atoms with E-state index in [-0.39, 0.29) is 17.3 Å². The van der Waals surface area contributed by atoms with E-state index in [0.717, 1.165) is 35.4 Å². The quantitative estimate of drug-likeness (QED) is 0.841. The number of hydrogen-bond acceptors (Lipinski definition) is 4. The van der Waals surface area contributed by atoms with Gasteiger partial charge in [-0.2, -0.15) is 0 Å². The van der Waals surface area contributed by atoms with Gasteiger partial charge in [0.25, 0.3) is 0 Å². The summed E-state index contributed by atoms with van der Waals surface area (Å²) in [5.41, 5.74) is 0.704. The van der Waals surface area contributed by atoms with Gasteiger partial charge in [-0.05, 0) is 25.1 Å². The van der Waals surface area contributed by atoms with E-state index < -0.39 is 0 Å². The predicted octanol–water partition coefficient (Wildman–Crippen LogP) is 2.09. The zero-order chi connectivity index (χ0) is 13.0. The molecule has 0 fully saturated rings. The molecule has 0 aliphatic heterocycles. The van der Waals surface area contributed by atoms with Gasteiger partial charge in [0.1, 0.15) is 0 Å². The van der Waals surface area contributed by atoms with E-state index in [1.54, 1.807) is 6.07 Å². The molecule has 1 N–H and O–H groups in total. The highest BCUT2D eigenvalue weighted by molar-refractivity contribution is 7.16. The molecule has 0 spiro atoms. The molecule has 2 rings (SSSR count). The Morgan fingerprint density at radius 1 is 1.39 bits per heavy atom. The van der Waals surface area contributed by atoms with Crippen molar-refractivity contribution in [3.8, 4) is 0 Å². The first-order valence-corrected chi connectivity index (χ1v) is 6.90. The van der Waals surface area contributed by atoms with E-state index in [1.165, 1.54) is 4.57 Å². The Hall–Kier alpha value is -1.46. The van der Waals surface area contributed by atoms with Gasteiger partial charge in [-0.15, -0.1) is 0 Å². The maximum absolute atomic E-state index is 12.0. The topological polar surface area (TPSA) is 51.1 Å². The van der Waals surface area contributed by atoms with E-state index in [4.69, 9.17) is 0 Å². The van der Waals surface area contributed by atoms with Crippen LogP contribution in [0.4, 0.5) is 0 Å². The average Bonchev–Trinajstić information content (AvgIpc) is 2.70. The Balaban J connectivity index is 2.17. The fraction of sp³-hybridized carbons (Fsp3) is 0.385. The van der Waals surface area contributed by atoms with Gasteiger partial charge in [-0.3, -0.25) is 9.59 Å². The summed E-state index contributed by atoms with van der Waals surface area (Å²) in [7, 11) is 0. The number of thiazole rings is 1. The summed E-state index contributed by atoms with van der Waals surface area (Å²) < 4.78 is 2.11. The molecule has 1 aromatic carbocycles.